The zero-order valence-electron chi connectivity index (χ0n) is 26.1. The van der Waals surface area contributed by atoms with Crippen LogP contribution in [0.2, 0.25) is 52.4 Å². The number of aryl methyl sites for hydroxylation is 3. The second-order valence-corrected chi connectivity index (χ2v) is 28.4. The number of ether oxygens (including phenoxy) is 1. The fourth-order valence-electron chi connectivity index (χ4n) is 4.11. The van der Waals surface area contributed by atoms with Crippen molar-refractivity contribution in [1.82, 2.24) is 0 Å². The van der Waals surface area contributed by atoms with E-state index < -0.39 is 24.2 Å². The molecule has 0 aromatic heterocycles. The van der Waals surface area contributed by atoms with E-state index in [0.29, 0.717) is 0 Å². The Balaban J connectivity index is 0. The Kier molecular flexibility index (Phi) is 14.4. The van der Waals surface area contributed by atoms with Crippen molar-refractivity contribution >= 4 is 34.6 Å². The minimum absolute atomic E-state index is 0. The molecule has 0 unspecified atom stereocenters. The zero-order valence-corrected chi connectivity index (χ0v) is 30.9. The van der Waals surface area contributed by atoms with Gasteiger partial charge >= 0.3 is 25.8 Å². The largest absolute Gasteiger partial charge is 3.00 e. The number of methoxy groups -OCH3 is 1. The Labute approximate surface area is 242 Å². The maximum Gasteiger partial charge on any atom is 3.00 e. The fourth-order valence-corrected chi connectivity index (χ4v) is 7.96. The summed E-state index contributed by atoms with van der Waals surface area (Å²) in [6, 6.07) is 7.00. The Hall–Kier alpha value is -0.109. The van der Waals surface area contributed by atoms with Crippen molar-refractivity contribution in [2.45, 2.75) is 106 Å². The molecule has 2 rings (SSSR count). The molecular formula is C30H55OScSi3. The molecule has 2 aromatic rings. The van der Waals surface area contributed by atoms with Crippen LogP contribution in [0.3, 0.4) is 0 Å². The molecule has 35 heavy (non-hydrogen) atoms. The summed E-state index contributed by atoms with van der Waals surface area (Å²) in [7, 11) is -1.75. The standard InChI is InChI=1S/C22H33OSi.2C4H11Si.Sc/c1-14-11-18(22(5,6)7)20(23-8)19(12-14)24(9,10)21-16(3)13-15(2)17(21)4;2*1-5(2,3)4;/h11-13H,1-10H3;2*1H2,2-4H3;/q3*-1;+3. The molecule has 1 nitrogen and oxygen atoms in total. The third kappa shape index (κ3) is 12.8. The first-order valence-electron chi connectivity index (χ1n) is 12.6. The third-order valence-corrected chi connectivity index (χ3v) is 9.08. The van der Waals surface area contributed by atoms with Gasteiger partial charge in [0, 0.05) is 0 Å². The van der Waals surface area contributed by atoms with E-state index in [2.05, 4.69) is 132 Å². The molecule has 0 atom stereocenters. The Morgan fingerprint density at radius 3 is 1.46 bits per heavy atom. The van der Waals surface area contributed by atoms with Gasteiger partial charge in [-0.15, -0.1) is 16.1 Å². The summed E-state index contributed by atoms with van der Waals surface area (Å²) in [4.78, 5) is 0. The topological polar surface area (TPSA) is 9.23 Å². The van der Waals surface area contributed by atoms with Gasteiger partial charge in [-0.05, 0) is 23.1 Å². The molecule has 0 fully saturated rings. The molecule has 0 radical (unpaired) electrons. The summed E-state index contributed by atoms with van der Waals surface area (Å²) in [6.07, 6.45) is 0. The van der Waals surface area contributed by atoms with Crippen molar-refractivity contribution in [2.24, 2.45) is 0 Å². The molecule has 0 heterocycles. The zero-order chi connectivity index (χ0) is 27.4. The Morgan fingerprint density at radius 2 is 1.17 bits per heavy atom. The Bertz CT molecular complexity index is 912. The van der Waals surface area contributed by atoms with E-state index >= 15 is 0 Å². The van der Waals surface area contributed by atoms with E-state index in [-0.39, 0.29) is 31.3 Å². The van der Waals surface area contributed by atoms with Gasteiger partial charge in [0.05, 0.1) is 15.2 Å². The van der Waals surface area contributed by atoms with Crippen LogP contribution in [0.15, 0.2) is 18.2 Å². The van der Waals surface area contributed by atoms with E-state index in [0.717, 1.165) is 5.75 Å². The van der Waals surface area contributed by atoms with Crippen LogP contribution in [0.25, 0.3) is 0 Å². The summed E-state index contributed by atoms with van der Waals surface area (Å²) >= 11 is 0. The molecule has 0 bridgehead atoms. The number of hydrogen-bond acceptors (Lipinski definition) is 1. The van der Waals surface area contributed by atoms with Gasteiger partial charge in [-0.3, -0.25) is 0 Å². The van der Waals surface area contributed by atoms with Gasteiger partial charge in [0.25, 0.3) is 0 Å². The summed E-state index contributed by atoms with van der Waals surface area (Å²) in [5.74, 6) is 1.10. The van der Waals surface area contributed by atoms with E-state index in [1.165, 1.54) is 33.0 Å². The van der Waals surface area contributed by atoms with Crippen LogP contribution >= 0.6 is 0 Å². The van der Waals surface area contributed by atoms with Crippen molar-refractivity contribution in [1.29, 1.82) is 0 Å². The summed E-state index contributed by atoms with van der Waals surface area (Å²) in [5, 5.41) is 3.00. The molecule has 0 aliphatic carbocycles. The van der Waals surface area contributed by atoms with Crippen LogP contribution in [0.1, 0.15) is 48.6 Å². The van der Waals surface area contributed by atoms with Crippen LogP contribution in [-0.4, -0.2) is 31.3 Å². The molecular weight excluding hydrogens is 506 g/mol. The van der Waals surface area contributed by atoms with Crippen molar-refractivity contribution in [3.8, 4) is 5.75 Å². The van der Waals surface area contributed by atoms with Crippen LogP contribution in [-0.2, 0) is 31.3 Å². The molecule has 0 spiro atoms. The van der Waals surface area contributed by atoms with Gasteiger partial charge in [0.15, 0.2) is 0 Å². The normalized spacial score (nSPS) is 12.1. The molecule has 0 saturated heterocycles. The van der Waals surface area contributed by atoms with Gasteiger partial charge in [0.2, 0.25) is 0 Å². The minimum atomic E-state index is -1.86. The average molecular weight is 561 g/mol. The van der Waals surface area contributed by atoms with Gasteiger partial charge in [-0.2, -0.15) is 21.9 Å². The quantitative estimate of drug-likeness (QED) is 0.272. The maximum atomic E-state index is 5.99. The first kappa shape index (κ1) is 37.0. The van der Waals surface area contributed by atoms with E-state index in [1.807, 2.05) is 7.11 Å². The maximum absolute atomic E-state index is 5.99. The molecule has 0 saturated carbocycles. The van der Waals surface area contributed by atoms with Gasteiger partial charge < -0.3 is 17.8 Å². The summed E-state index contributed by atoms with van der Waals surface area (Å²) < 4.78 is 5.99. The molecule has 0 aliphatic rings. The minimum Gasteiger partial charge on any atom is -0.497 e. The average Bonchev–Trinajstić information content (AvgIpc) is 2.83. The fraction of sp³-hybridized carbons (Fsp3) is 0.567. The van der Waals surface area contributed by atoms with Gasteiger partial charge in [-0.25, -0.2) is 6.07 Å². The molecule has 5 heteroatoms. The molecule has 2 aromatic carbocycles. The predicted octanol–water partition coefficient (Wildman–Crippen LogP) is 8.16. The van der Waals surface area contributed by atoms with Crippen molar-refractivity contribution in [3.05, 3.63) is 59.1 Å². The van der Waals surface area contributed by atoms with Crippen molar-refractivity contribution in [2.75, 3.05) is 7.11 Å². The van der Waals surface area contributed by atoms with Crippen LogP contribution in [0.5, 0.6) is 5.75 Å². The molecule has 196 valence electrons. The number of benzene rings is 1. The van der Waals surface area contributed by atoms with Crippen molar-refractivity contribution in [3.63, 3.8) is 0 Å². The monoisotopic (exact) mass is 560 g/mol. The second-order valence-electron chi connectivity index (χ2n) is 13.9. The van der Waals surface area contributed by atoms with Gasteiger partial charge in [0.1, 0.15) is 5.75 Å². The van der Waals surface area contributed by atoms with Crippen LogP contribution in [0.4, 0.5) is 0 Å². The first-order chi connectivity index (χ1) is 14.9. The second kappa shape index (κ2) is 13.6. The Morgan fingerprint density at radius 1 is 0.771 bits per heavy atom. The first-order valence-corrected chi connectivity index (χ1v) is 23.0. The summed E-state index contributed by atoms with van der Waals surface area (Å²) in [5.41, 5.74) is 7.02. The smallest absolute Gasteiger partial charge is 0.497 e. The van der Waals surface area contributed by atoms with E-state index in [1.54, 1.807) is 5.19 Å². The predicted molar refractivity (Wildman–Crippen MR) is 167 cm³/mol. The molecule has 0 amide bonds. The van der Waals surface area contributed by atoms with Crippen molar-refractivity contribution < 1.29 is 30.6 Å². The van der Waals surface area contributed by atoms with Crippen LogP contribution < -0.4 is 15.1 Å². The summed E-state index contributed by atoms with van der Waals surface area (Å²) in [6.45, 7) is 41.8. The van der Waals surface area contributed by atoms with E-state index in [9.17, 15) is 0 Å². The molecule has 0 aliphatic heterocycles. The van der Waals surface area contributed by atoms with E-state index in [4.69, 9.17) is 4.74 Å². The third-order valence-electron chi connectivity index (χ3n) is 5.34. The number of rotatable bonds is 3. The van der Waals surface area contributed by atoms with Gasteiger partial charge in [-0.1, -0.05) is 112 Å². The number of hydrogen-bond donors (Lipinski definition) is 0. The SMILES string of the molecule is COc1c(C(C)(C)C)cc(C)cc1[Si](C)(C)[c-]1c(C)cc(C)c1C.[CH2-][Si](C)(C)C.[CH2-][Si](C)(C)C.[Sc+3]. The molecule has 0 N–H and O–H groups in total. The van der Waals surface area contributed by atoms with Crippen LogP contribution in [0, 0.1) is 40.8 Å².